The fourth-order valence-corrected chi connectivity index (χ4v) is 1.29. The average molecular weight is 247 g/mol. The molecule has 0 aliphatic heterocycles. The Bertz CT molecular complexity index is 438. The summed E-state index contributed by atoms with van der Waals surface area (Å²) in [5, 5.41) is 14.6. The summed E-state index contributed by atoms with van der Waals surface area (Å²) in [6.07, 6.45) is 1.61. The van der Waals surface area contributed by atoms with Crippen LogP contribution in [-0.2, 0) is 6.54 Å². The van der Waals surface area contributed by atoms with Gasteiger partial charge in [0, 0.05) is 39.9 Å². The van der Waals surface area contributed by atoms with Crippen LogP contribution < -0.4 is 10.6 Å². The highest BCUT2D eigenvalue weighted by Gasteiger charge is 2.00. The molecule has 0 saturated carbocycles. The van der Waals surface area contributed by atoms with Gasteiger partial charge in [-0.1, -0.05) is 0 Å². The van der Waals surface area contributed by atoms with Crippen molar-refractivity contribution in [2.75, 3.05) is 27.2 Å². The predicted molar refractivity (Wildman–Crippen MR) is 67.7 cm³/mol. The molecule has 1 aromatic rings. The van der Waals surface area contributed by atoms with Crippen molar-refractivity contribution in [2.45, 2.75) is 6.54 Å². The molecule has 0 spiro atoms. The van der Waals surface area contributed by atoms with Crippen molar-refractivity contribution in [2.24, 2.45) is 0 Å². The molecule has 6 heteroatoms. The Morgan fingerprint density at radius 1 is 1.50 bits per heavy atom. The van der Waals surface area contributed by atoms with Gasteiger partial charge in [0.05, 0.1) is 0 Å². The Kier molecular flexibility index (Phi) is 5.61. The maximum absolute atomic E-state index is 11.2. The van der Waals surface area contributed by atoms with Crippen LogP contribution in [0.15, 0.2) is 18.3 Å². The van der Waals surface area contributed by atoms with E-state index < -0.39 is 0 Å². The van der Waals surface area contributed by atoms with Gasteiger partial charge in [-0.2, -0.15) is 5.26 Å². The molecule has 0 aromatic carbocycles. The Morgan fingerprint density at radius 2 is 2.28 bits per heavy atom. The van der Waals surface area contributed by atoms with Gasteiger partial charge in [-0.15, -0.1) is 0 Å². The molecule has 1 heterocycles. The van der Waals surface area contributed by atoms with E-state index in [4.69, 9.17) is 5.26 Å². The summed E-state index contributed by atoms with van der Waals surface area (Å²) < 4.78 is 0. The number of aromatic nitrogens is 1. The average Bonchev–Trinajstić information content (AvgIpc) is 2.38. The lowest BCUT2D eigenvalue weighted by molar-refractivity contribution is 0.217. The number of nitriles is 1. The third-order valence-electron chi connectivity index (χ3n) is 2.25. The number of rotatable bonds is 5. The predicted octanol–water partition coefficient (Wildman–Crippen LogP) is 0.314. The van der Waals surface area contributed by atoms with Gasteiger partial charge in [0.1, 0.15) is 11.8 Å². The van der Waals surface area contributed by atoms with Crippen molar-refractivity contribution in [3.63, 3.8) is 0 Å². The van der Waals surface area contributed by atoms with Gasteiger partial charge < -0.3 is 15.5 Å². The van der Waals surface area contributed by atoms with Gasteiger partial charge in [0.25, 0.3) is 0 Å². The van der Waals surface area contributed by atoms with Crippen LogP contribution >= 0.6 is 0 Å². The maximum Gasteiger partial charge on any atom is 0.316 e. The van der Waals surface area contributed by atoms with Crippen molar-refractivity contribution in [3.05, 3.63) is 29.6 Å². The van der Waals surface area contributed by atoms with E-state index in [0.29, 0.717) is 25.3 Å². The molecular weight excluding hydrogens is 230 g/mol. The molecule has 0 unspecified atom stereocenters. The summed E-state index contributed by atoms with van der Waals surface area (Å²) in [6.45, 7) is 1.88. The Morgan fingerprint density at radius 3 is 2.94 bits per heavy atom. The molecule has 1 aromatic heterocycles. The third-order valence-corrected chi connectivity index (χ3v) is 2.25. The first-order valence-electron chi connectivity index (χ1n) is 5.64. The molecule has 0 atom stereocenters. The molecule has 0 bridgehead atoms. The maximum atomic E-state index is 11.2. The summed E-state index contributed by atoms with van der Waals surface area (Å²) in [6, 6.07) is 5.49. The van der Waals surface area contributed by atoms with E-state index in [1.807, 2.05) is 12.1 Å². The second kappa shape index (κ2) is 7.25. The van der Waals surface area contributed by atoms with E-state index in [0.717, 1.165) is 5.56 Å². The number of nitrogens with zero attached hydrogens (tertiary/aromatic N) is 3. The van der Waals surface area contributed by atoms with E-state index in [-0.39, 0.29) is 6.03 Å². The first-order valence-corrected chi connectivity index (χ1v) is 5.64. The van der Waals surface area contributed by atoms with Crippen molar-refractivity contribution < 1.29 is 4.79 Å². The fourth-order valence-electron chi connectivity index (χ4n) is 1.29. The Hall–Kier alpha value is -2.13. The van der Waals surface area contributed by atoms with Crippen LogP contribution in [0.2, 0.25) is 0 Å². The van der Waals surface area contributed by atoms with Crippen LogP contribution in [0.1, 0.15) is 11.3 Å². The number of amides is 2. The number of hydrogen-bond acceptors (Lipinski definition) is 4. The lowest BCUT2D eigenvalue weighted by Crippen LogP contribution is -2.38. The summed E-state index contributed by atoms with van der Waals surface area (Å²) in [4.78, 5) is 16.6. The van der Waals surface area contributed by atoms with Crippen LogP contribution in [0, 0.1) is 11.3 Å². The minimum absolute atomic E-state index is 0.104. The monoisotopic (exact) mass is 247 g/mol. The van der Waals surface area contributed by atoms with Crippen LogP contribution in [0.3, 0.4) is 0 Å². The number of carbonyl (C=O) groups excluding carboxylic acids is 1. The zero-order valence-electron chi connectivity index (χ0n) is 10.6. The van der Waals surface area contributed by atoms with Crippen molar-refractivity contribution in [1.29, 1.82) is 5.26 Å². The van der Waals surface area contributed by atoms with Crippen molar-refractivity contribution in [3.8, 4) is 6.07 Å². The fraction of sp³-hybridized carbons (Fsp3) is 0.417. The smallest absolute Gasteiger partial charge is 0.316 e. The number of urea groups is 1. The van der Waals surface area contributed by atoms with Gasteiger partial charge in [-0.3, -0.25) is 0 Å². The van der Waals surface area contributed by atoms with Crippen LogP contribution in [-0.4, -0.2) is 43.1 Å². The van der Waals surface area contributed by atoms with Crippen molar-refractivity contribution in [1.82, 2.24) is 20.5 Å². The summed E-state index contributed by atoms with van der Waals surface area (Å²) >= 11 is 0. The van der Waals surface area contributed by atoms with E-state index in [9.17, 15) is 4.79 Å². The second-order valence-electron chi connectivity index (χ2n) is 3.96. The van der Waals surface area contributed by atoms with Gasteiger partial charge >= 0.3 is 6.03 Å². The van der Waals surface area contributed by atoms with Crippen LogP contribution in [0.5, 0.6) is 0 Å². The third kappa shape index (κ3) is 4.80. The highest BCUT2D eigenvalue weighted by molar-refractivity contribution is 5.73. The summed E-state index contributed by atoms with van der Waals surface area (Å²) in [5.41, 5.74) is 1.41. The molecule has 2 N–H and O–H groups in total. The molecule has 0 fully saturated rings. The van der Waals surface area contributed by atoms with Crippen LogP contribution in [0.25, 0.3) is 0 Å². The first kappa shape index (κ1) is 13.9. The number of hydrogen-bond donors (Lipinski definition) is 2. The molecule has 1 rings (SSSR count). The van der Waals surface area contributed by atoms with Gasteiger partial charge in [-0.05, 0) is 17.7 Å². The molecule has 0 saturated heterocycles. The molecule has 0 radical (unpaired) electrons. The highest BCUT2D eigenvalue weighted by atomic mass is 16.2. The summed E-state index contributed by atoms with van der Waals surface area (Å²) in [5.74, 6) is 0. The van der Waals surface area contributed by atoms with Crippen molar-refractivity contribution >= 4 is 6.03 Å². The van der Waals surface area contributed by atoms with Gasteiger partial charge in [-0.25, -0.2) is 9.78 Å². The minimum atomic E-state index is -0.104. The van der Waals surface area contributed by atoms with E-state index in [1.165, 1.54) is 4.90 Å². The van der Waals surface area contributed by atoms with E-state index in [2.05, 4.69) is 15.6 Å². The van der Waals surface area contributed by atoms with E-state index in [1.54, 1.807) is 26.4 Å². The highest BCUT2D eigenvalue weighted by Crippen LogP contribution is 1.99. The zero-order chi connectivity index (χ0) is 13.4. The van der Waals surface area contributed by atoms with Crippen LogP contribution in [0.4, 0.5) is 4.79 Å². The lowest BCUT2D eigenvalue weighted by Gasteiger charge is -2.12. The molecular formula is C12H17N5O. The summed E-state index contributed by atoms with van der Waals surface area (Å²) in [7, 11) is 3.40. The topological polar surface area (TPSA) is 81.1 Å². The van der Waals surface area contributed by atoms with E-state index >= 15 is 0 Å². The first-order chi connectivity index (χ1) is 8.63. The SMILES string of the molecule is CN(C)C(=O)NCCNCc1ccnc(C#N)c1. The van der Waals surface area contributed by atoms with Gasteiger partial charge in [0.15, 0.2) is 0 Å². The second-order valence-corrected chi connectivity index (χ2v) is 3.96. The largest absolute Gasteiger partial charge is 0.337 e. The standard InChI is InChI=1S/C12H17N5O/c1-17(2)12(18)16-6-5-14-9-10-3-4-15-11(7-10)8-13/h3-4,7,14H,5-6,9H2,1-2H3,(H,16,18). The molecule has 0 aliphatic carbocycles. The van der Waals surface area contributed by atoms with Gasteiger partial charge in [0.2, 0.25) is 0 Å². The number of nitrogens with one attached hydrogen (secondary N) is 2. The molecule has 2 amide bonds. The quantitative estimate of drug-likeness (QED) is 0.734. The Labute approximate surface area is 107 Å². The minimum Gasteiger partial charge on any atom is -0.337 e. The lowest BCUT2D eigenvalue weighted by atomic mass is 10.2. The molecule has 18 heavy (non-hydrogen) atoms. The zero-order valence-corrected chi connectivity index (χ0v) is 10.6. The number of carbonyl (C=O) groups is 1. The normalized spacial score (nSPS) is 9.61. The molecule has 0 aliphatic rings. The molecule has 96 valence electrons. The molecule has 6 nitrogen and oxygen atoms in total. The Balaban J connectivity index is 2.22. The number of pyridine rings is 1.